The Balaban J connectivity index is 2.88. The lowest BCUT2D eigenvalue weighted by molar-refractivity contribution is 0.0959. The van der Waals surface area contributed by atoms with Crippen molar-refractivity contribution in [3.63, 3.8) is 0 Å². The van der Waals surface area contributed by atoms with Gasteiger partial charge >= 0.3 is 0 Å². The summed E-state index contributed by atoms with van der Waals surface area (Å²) in [4.78, 5) is 11.5. The van der Waals surface area contributed by atoms with Crippen molar-refractivity contribution in [2.24, 2.45) is 0 Å². The van der Waals surface area contributed by atoms with Crippen molar-refractivity contribution in [1.82, 2.24) is 5.32 Å². The topological polar surface area (TPSA) is 55.1 Å². The van der Waals surface area contributed by atoms with Crippen molar-refractivity contribution in [2.75, 3.05) is 12.3 Å². The fraction of sp³-hybridized carbons (Fsp3) is 0.100. The molecule has 1 aromatic rings. The van der Waals surface area contributed by atoms with E-state index in [-0.39, 0.29) is 5.91 Å². The Labute approximate surface area is 87.6 Å². The van der Waals surface area contributed by atoms with Gasteiger partial charge in [-0.05, 0) is 18.2 Å². The number of benzene rings is 1. The van der Waals surface area contributed by atoms with E-state index in [1.54, 1.807) is 18.2 Å². The summed E-state index contributed by atoms with van der Waals surface area (Å²) in [6.07, 6.45) is 1.60. The third-order valence-corrected chi connectivity index (χ3v) is 1.90. The largest absolute Gasteiger partial charge is 0.398 e. The van der Waals surface area contributed by atoms with Crippen molar-refractivity contribution in [1.29, 1.82) is 0 Å². The Bertz CT molecular complexity index is 363. The van der Waals surface area contributed by atoms with E-state index in [0.717, 1.165) is 0 Å². The first-order chi connectivity index (χ1) is 6.65. The molecule has 0 spiro atoms. The molecule has 1 amide bonds. The van der Waals surface area contributed by atoms with Gasteiger partial charge in [0.25, 0.3) is 5.91 Å². The van der Waals surface area contributed by atoms with Gasteiger partial charge in [-0.2, -0.15) is 0 Å². The molecule has 0 unspecified atom stereocenters. The van der Waals surface area contributed by atoms with Gasteiger partial charge in [0.2, 0.25) is 0 Å². The van der Waals surface area contributed by atoms with E-state index in [9.17, 15) is 4.79 Å². The van der Waals surface area contributed by atoms with Crippen LogP contribution in [0.3, 0.4) is 0 Å². The molecular weight excluding hydrogens is 200 g/mol. The standard InChI is InChI=1S/C10H11ClN2O/c1-2-5-13-10(14)8-6-7(11)3-4-9(8)12/h2-4,6H,1,5,12H2,(H,13,14). The van der Waals surface area contributed by atoms with Crippen LogP contribution in [-0.4, -0.2) is 12.5 Å². The Kier molecular flexibility index (Phi) is 3.54. The van der Waals surface area contributed by atoms with E-state index < -0.39 is 0 Å². The zero-order valence-corrected chi connectivity index (χ0v) is 8.34. The summed E-state index contributed by atoms with van der Waals surface area (Å²) in [6, 6.07) is 4.78. The van der Waals surface area contributed by atoms with Crippen molar-refractivity contribution < 1.29 is 4.79 Å². The molecule has 1 rings (SSSR count). The zero-order chi connectivity index (χ0) is 10.6. The third-order valence-electron chi connectivity index (χ3n) is 1.67. The molecule has 1 aromatic carbocycles. The van der Waals surface area contributed by atoms with Crippen LogP contribution in [0, 0.1) is 0 Å². The summed E-state index contributed by atoms with van der Waals surface area (Å²) < 4.78 is 0. The molecule has 0 saturated carbocycles. The average molecular weight is 211 g/mol. The highest BCUT2D eigenvalue weighted by Crippen LogP contribution is 2.17. The van der Waals surface area contributed by atoms with Crippen molar-refractivity contribution in [3.8, 4) is 0 Å². The molecule has 0 heterocycles. The Morgan fingerprint density at radius 3 is 3.00 bits per heavy atom. The van der Waals surface area contributed by atoms with E-state index >= 15 is 0 Å². The molecule has 0 aromatic heterocycles. The fourth-order valence-electron chi connectivity index (χ4n) is 0.985. The molecule has 0 fully saturated rings. The highest BCUT2D eigenvalue weighted by molar-refractivity contribution is 6.31. The lowest BCUT2D eigenvalue weighted by Gasteiger charge is -2.05. The first kappa shape index (κ1) is 10.6. The van der Waals surface area contributed by atoms with Crippen molar-refractivity contribution in [3.05, 3.63) is 41.4 Å². The predicted molar refractivity (Wildman–Crippen MR) is 58.4 cm³/mol. The van der Waals surface area contributed by atoms with Gasteiger partial charge in [0.05, 0.1) is 5.56 Å². The molecule has 0 saturated heterocycles. The number of rotatable bonds is 3. The van der Waals surface area contributed by atoms with E-state index in [4.69, 9.17) is 17.3 Å². The minimum atomic E-state index is -0.245. The van der Waals surface area contributed by atoms with Crippen LogP contribution in [-0.2, 0) is 0 Å². The predicted octanol–water partition coefficient (Wildman–Crippen LogP) is 1.84. The number of hydrogen-bond acceptors (Lipinski definition) is 2. The van der Waals surface area contributed by atoms with E-state index in [1.807, 2.05) is 0 Å². The summed E-state index contributed by atoms with van der Waals surface area (Å²) in [7, 11) is 0. The second kappa shape index (κ2) is 4.67. The maximum atomic E-state index is 11.5. The molecule has 0 aliphatic heterocycles. The molecule has 3 nitrogen and oxygen atoms in total. The molecule has 0 bridgehead atoms. The maximum absolute atomic E-state index is 11.5. The zero-order valence-electron chi connectivity index (χ0n) is 7.59. The van der Waals surface area contributed by atoms with Gasteiger partial charge in [-0.25, -0.2) is 0 Å². The highest BCUT2D eigenvalue weighted by Gasteiger charge is 2.08. The maximum Gasteiger partial charge on any atom is 0.253 e. The molecule has 14 heavy (non-hydrogen) atoms. The summed E-state index contributed by atoms with van der Waals surface area (Å²) in [5.74, 6) is -0.245. The van der Waals surface area contributed by atoms with Crippen LogP contribution < -0.4 is 11.1 Å². The number of carbonyl (C=O) groups excluding carboxylic acids is 1. The van der Waals surface area contributed by atoms with E-state index in [2.05, 4.69) is 11.9 Å². The number of nitrogens with one attached hydrogen (secondary N) is 1. The van der Waals surface area contributed by atoms with Gasteiger partial charge in [-0.1, -0.05) is 17.7 Å². The summed E-state index contributed by atoms with van der Waals surface area (Å²) in [5.41, 5.74) is 6.42. The summed E-state index contributed by atoms with van der Waals surface area (Å²) >= 11 is 5.74. The van der Waals surface area contributed by atoms with E-state index in [0.29, 0.717) is 22.8 Å². The minimum Gasteiger partial charge on any atom is -0.398 e. The van der Waals surface area contributed by atoms with Crippen LogP contribution in [0.1, 0.15) is 10.4 Å². The first-order valence-corrected chi connectivity index (χ1v) is 4.47. The quantitative estimate of drug-likeness (QED) is 0.591. The number of nitrogens with two attached hydrogens (primary N) is 1. The Morgan fingerprint density at radius 2 is 2.36 bits per heavy atom. The normalized spacial score (nSPS) is 9.50. The van der Waals surface area contributed by atoms with Crippen LogP contribution in [0.5, 0.6) is 0 Å². The number of hydrogen-bond donors (Lipinski definition) is 2. The van der Waals surface area contributed by atoms with Gasteiger partial charge in [-0.3, -0.25) is 4.79 Å². The average Bonchev–Trinajstić information content (AvgIpc) is 2.18. The van der Waals surface area contributed by atoms with E-state index in [1.165, 1.54) is 6.07 Å². The van der Waals surface area contributed by atoms with Gasteiger partial charge < -0.3 is 11.1 Å². The molecule has 0 radical (unpaired) electrons. The molecule has 74 valence electrons. The number of nitrogen functional groups attached to an aromatic ring is 1. The van der Waals surface area contributed by atoms with Crippen molar-refractivity contribution in [2.45, 2.75) is 0 Å². The first-order valence-electron chi connectivity index (χ1n) is 4.09. The minimum absolute atomic E-state index is 0.245. The Hall–Kier alpha value is -1.48. The van der Waals surface area contributed by atoms with Crippen LogP contribution in [0.4, 0.5) is 5.69 Å². The molecular formula is C10H11ClN2O. The smallest absolute Gasteiger partial charge is 0.253 e. The molecule has 0 aliphatic rings. The monoisotopic (exact) mass is 210 g/mol. The summed E-state index contributed by atoms with van der Waals surface area (Å²) in [6.45, 7) is 3.90. The number of carbonyl (C=O) groups is 1. The second-order valence-corrected chi connectivity index (χ2v) is 3.17. The number of anilines is 1. The molecule has 3 N–H and O–H groups in total. The van der Waals surface area contributed by atoms with Crippen LogP contribution >= 0.6 is 11.6 Å². The van der Waals surface area contributed by atoms with Crippen LogP contribution in [0.15, 0.2) is 30.9 Å². The third kappa shape index (κ3) is 2.50. The lowest BCUT2D eigenvalue weighted by Crippen LogP contribution is -2.24. The lowest BCUT2D eigenvalue weighted by atomic mass is 10.1. The fourth-order valence-corrected chi connectivity index (χ4v) is 1.16. The van der Waals surface area contributed by atoms with Gasteiger partial charge in [0.15, 0.2) is 0 Å². The molecule has 4 heteroatoms. The number of halogens is 1. The van der Waals surface area contributed by atoms with Crippen LogP contribution in [0.2, 0.25) is 5.02 Å². The van der Waals surface area contributed by atoms with Crippen LogP contribution in [0.25, 0.3) is 0 Å². The molecule has 0 aliphatic carbocycles. The summed E-state index contributed by atoms with van der Waals surface area (Å²) in [5, 5.41) is 3.11. The second-order valence-electron chi connectivity index (χ2n) is 2.73. The van der Waals surface area contributed by atoms with Crippen molar-refractivity contribution >= 4 is 23.2 Å². The SMILES string of the molecule is C=CCNC(=O)c1cc(Cl)ccc1N. The van der Waals surface area contributed by atoms with Gasteiger partial charge in [0, 0.05) is 17.3 Å². The van der Waals surface area contributed by atoms with Gasteiger partial charge in [-0.15, -0.1) is 6.58 Å². The number of amides is 1. The highest BCUT2D eigenvalue weighted by atomic mass is 35.5. The Morgan fingerprint density at radius 1 is 1.64 bits per heavy atom. The molecule has 0 atom stereocenters. The van der Waals surface area contributed by atoms with Gasteiger partial charge in [0.1, 0.15) is 0 Å².